The lowest BCUT2D eigenvalue weighted by Gasteiger charge is -2.24. The molecular formula is C17H24N2S. The molecule has 2 N–H and O–H groups in total. The highest BCUT2D eigenvalue weighted by molar-refractivity contribution is 7.10. The third-order valence-electron chi connectivity index (χ3n) is 3.95. The summed E-state index contributed by atoms with van der Waals surface area (Å²) in [6.45, 7) is 6.10. The van der Waals surface area contributed by atoms with Crippen LogP contribution >= 0.6 is 11.3 Å². The van der Waals surface area contributed by atoms with E-state index in [1.165, 1.54) is 16.0 Å². The number of hydrogen-bond donors (Lipinski definition) is 1. The van der Waals surface area contributed by atoms with E-state index in [-0.39, 0.29) is 0 Å². The van der Waals surface area contributed by atoms with Crippen LogP contribution in [0, 0.1) is 0 Å². The summed E-state index contributed by atoms with van der Waals surface area (Å²) in [5.41, 5.74) is 8.38. The van der Waals surface area contributed by atoms with Crippen LogP contribution in [0.15, 0.2) is 41.8 Å². The Kier molecular flexibility index (Phi) is 5.35. The van der Waals surface area contributed by atoms with Crippen LogP contribution in [0.4, 0.5) is 0 Å². The molecule has 0 saturated heterocycles. The van der Waals surface area contributed by atoms with Gasteiger partial charge in [-0.2, -0.15) is 0 Å². The van der Waals surface area contributed by atoms with Gasteiger partial charge in [0.1, 0.15) is 0 Å². The fraction of sp³-hybridized carbons (Fsp3) is 0.412. The Morgan fingerprint density at radius 3 is 2.40 bits per heavy atom. The molecule has 0 fully saturated rings. The highest BCUT2D eigenvalue weighted by Gasteiger charge is 2.13. The first-order chi connectivity index (χ1) is 9.61. The molecule has 0 amide bonds. The van der Waals surface area contributed by atoms with Gasteiger partial charge in [-0.1, -0.05) is 37.3 Å². The molecule has 1 heterocycles. The summed E-state index contributed by atoms with van der Waals surface area (Å²) in [6.07, 6.45) is 0. The van der Waals surface area contributed by atoms with Crippen LogP contribution in [0.5, 0.6) is 0 Å². The Labute approximate surface area is 126 Å². The third-order valence-corrected chi connectivity index (χ3v) is 4.99. The van der Waals surface area contributed by atoms with Gasteiger partial charge in [0.25, 0.3) is 0 Å². The molecule has 0 spiro atoms. The minimum absolute atomic E-state index is 0.437. The summed E-state index contributed by atoms with van der Waals surface area (Å²) in [6, 6.07) is 13.6. The molecule has 0 radical (unpaired) electrons. The van der Waals surface area contributed by atoms with Crippen molar-refractivity contribution in [1.29, 1.82) is 0 Å². The topological polar surface area (TPSA) is 29.3 Å². The van der Waals surface area contributed by atoms with Gasteiger partial charge in [-0.15, -0.1) is 11.3 Å². The largest absolute Gasteiger partial charge is 0.330 e. The van der Waals surface area contributed by atoms with Gasteiger partial charge in [0.05, 0.1) is 0 Å². The maximum Gasteiger partial charge on any atom is 0.0413 e. The summed E-state index contributed by atoms with van der Waals surface area (Å²) in [7, 11) is 2.18. The van der Waals surface area contributed by atoms with Gasteiger partial charge in [0.15, 0.2) is 0 Å². The molecule has 2 aromatic rings. The average molecular weight is 288 g/mol. The highest BCUT2D eigenvalue weighted by atomic mass is 32.1. The second kappa shape index (κ2) is 7.02. The van der Waals surface area contributed by atoms with E-state index in [0.717, 1.165) is 6.54 Å². The Balaban J connectivity index is 1.99. The van der Waals surface area contributed by atoms with Crippen molar-refractivity contribution in [3.63, 3.8) is 0 Å². The standard InChI is InChI=1S/C17H24N2S/c1-13(11-18)16-8-6-15(7-9-16)12-19(3)14(2)17-5-4-10-20-17/h4-10,13-14H,11-12,18H2,1-3H3. The van der Waals surface area contributed by atoms with E-state index < -0.39 is 0 Å². The summed E-state index contributed by atoms with van der Waals surface area (Å²) in [5.74, 6) is 0.437. The monoisotopic (exact) mass is 288 g/mol. The van der Waals surface area contributed by atoms with Crippen LogP contribution in [-0.4, -0.2) is 18.5 Å². The average Bonchev–Trinajstić information content (AvgIpc) is 3.00. The molecule has 1 aromatic carbocycles. The second-order valence-electron chi connectivity index (χ2n) is 5.48. The van der Waals surface area contributed by atoms with E-state index in [1.807, 2.05) is 11.3 Å². The minimum Gasteiger partial charge on any atom is -0.330 e. The zero-order valence-electron chi connectivity index (χ0n) is 12.5. The number of nitrogens with two attached hydrogens (primary N) is 1. The number of benzene rings is 1. The van der Waals surface area contributed by atoms with E-state index in [0.29, 0.717) is 18.5 Å². The van der Waals surface area contributed by atoms with E-state index in [4.69, 9.17) is 5.73 Å². The van der Waals surface area contributed by atoms with E-state index in [9.17, 15) is 0 Å². The number of rotatable bonds is 6. The number of thiophene rings is 1. The number of nitrogens with zero attached hydrogens (tertiary/aromatic N) is 1. The van der Waals surface area contributed by atoms with Crippen molar-refractivity contribution in [1.82, 2.24) is 4.90 Å². The van der Waals surface area contributed by atoms with Crippen molar-refractivity contribution >= 4 is 11.3 Å². The van der Waals surface area contributed by atoms with Crippen molar-refractivity contribution in [2.45, 2.75) is 32.4 Å². The lowest BCUT2D eigenvalue weighted by Crippen LogP contribution is -2.21. The van der Waals surface area contributed by atoms with Gasteiger partial charge in [-0.05, 0) is 49.0 Å². The Bertz CT molecular complexity index is 504. The first kappa shape index (κ1) is 15.2. The molecule has 0 saturated carbocycles. The van der Waals surface area contributed by atoms with E-state index in [2.05, 4.69) is 67.6 Å². The van der Waals surface area contributed by atoms with Crippen molar-refractivity contribution in [3.05, 3.63) is 57.8 Å². The fourth-order valence-electron chi connectivity index (χ4n) is 2.26. The zero-order chi connectivity index (χ0) is 14.5. The zero-order valence-corrected chi connectivity index (χ0v) is 13.4. The Hall–Kier alpha value is -1.16. The fourth-order valence-corrected chi connectivity index (χ4v) is 3.11. The summed E-state index contributed by atoms with van der Waals surface area (Å²) >= 11 is 1.82. The summed E-state index contributed by atoms with van der Waals surface area (Å²) < 4.78 is 0. The molecule has 0 aliphatic carbocycles. The molecule has 1 aromatic heterocycles. The molecule has 0 bridgehead atoms. The molecule has 0 aliphatic rings. The van der Waals surface area contributed by atoms with Crippen LogP contribution in [0.3, 0.4) is 0 Å². The van der Waals surface area contributed by atoms with Gasteiger partial charge >= 0.3 is 0 Å². The predicted octanol–water partition coefficient (Wildman–Crippen LogP) is 4.00. The Morgan fingerprint density at radius 2 is 1.85 bits per heavy atom. The Morgan fingerprint density at radius 1 is 1.15 bits per heavy atom. The minimum atomic E-state index is 0.437. The molecule has 108 valence electrons. The molecule has 2 rings (SSSR count). The maximum absolute atomic E-state index is 5.71. The predicted molar refractivity (Wildman–Crippen MR) is 88.1 cm³/mol. The van der Waals surface area contributed by atoms with Crippen LogP contribution in [-0.2, 0) is 6.54 Å². The van der Waals surface area contributed by atoms with Crippen molar-refractivity contribution < 1.29 is 0 Å². The second-order valence-corrected chi connectivity index (χ2v) is 6.46. The maximum atomic E-state index is 5.71. The molecule has 2 unspecified atom stereocenters. The molecule has 3 heteroatoms. The van der Waals surface area contributed by atoms with E-state index in [1.54, 1.807) is 0 Å². The van der Waals surface area contributed by atoms with Crippen LogP contribution in [0.2, 0.25) is 0 Å². The SMILES string of the molecule is CC(CN)c1ccc(CN(C)C(C)c2cccs2)cc1. The molecule has 20 heavy (non-hydrogen) atoms. The van der Waals surface area contributed by atoms with Crippen molar-refractivity contribution in [3.8, 4) is 0 Å². The quantitative estimate of drug-likeness (QED) is 0.870. The van der Waals surface area contributed by atoms with E-state index >= 15 is 0 Å². The van der Waals surface area contributed by atoms with Crippen molar-refractivity contribution in [2.24, 2.45) is 5.73 Å². The third kappa shape index (κ3) is 3.69. The van der Waals surface area contributed by atoms with Gasteiger partial charge < -0.3 is 5.73 Å². The molecular weight excluding hydrogens is 264 g/mol. The van der Waals surface area contributed by atoms with Crippen LogP contribution < -0.4 is 5.73 Å². The van der Waals surface area contributed by atoms with Gasteiger partial charge in [-0.25, -0.2) is 0 Å². The molecule has 0 aliphatic heterocycles. The summed E-state index contributed by atoms with van der Waals surface area (Å²) in [4.78, 5) is 3.80. The van der Waals surface area contributed by atoms with Gasteiger partial charge in [-0.3, -0.25) is 4.90 Å². The highest BCUT2D eigenvalue weighted by Crippen LogP contribution is 2.25. The van der Waals surface area contributed by atoms with Gasteiger partial charge in [0, 0.05) is 17.5 Å². The molecule has 2 nitrogen and oxygen atoms in total. The normalized spacial score (nSPS) is 14.4. The van der Waals surface area contributed by atoms with Crippen molar-refractivity contribution in [2.75, 3.05) is 13.6 Å². The molecule has 2 atom stereocenters. The summed E-state index contributed by atoms with van der Waals surface area (Å²) in [5, 5.41) is 2.14. The van der Waals surface area contributed by atoms with Gasteiger partial charge in [0.2, 0.25) is 0 Å². The van der Waals surface area contributed by atoms with Crippen LogP contribution in [0.1, 0.15) is 41.8 Å². The first-order valence-corrected chi connectivity index (χ1v) is 8.02. The first-order valence-electron chi connectivity index (χ1n) is 7.14. The smallest absolute Gasteiger partial charge is 0.0413 e. The lowest BCUT2D eigenvalue weighted by molar-refractivity contribution is 0.256. The number of hydrogen-bond acceptors (Lipinski definition) is 3. The lowest BCUT2D eigenvalue weighted by atomic mass is 10.00. The van der Waals surface area contributed by atoms with Crippen LogP contribution in [0.25, 0.3) is 0 Å².